The standard InChI is InChI=1S/C18H24N4O3.ClH/c23-14-16(13-15-4-7-19-8-5-15)18(24)25-22-11-9-21(10-12-22)17-3-1-2-6-20-17;/h1-3,6,15,19H,4-5,7-13H2;1H. The van der Waals surface area contributed by atoms with Crippen LogP contribution in [-0.4, -0.2) is 61.2 Å². The number of pyridine rings is 1. The van der Waals surface area contributed by atoms with Gasteiger partial charge in [0.15, 0.2) is 0 Å². The molecule has 0 bridgehead atoms. The lowest BCUT2D eigenvalue weighted by atomic mass is 9.91. The van der Waals surface area contributed by atoms with Crippen LogP contribution in [-0.2, 0) is 14.4 Å². The average Bonchev–Trinajstić information content (AvgIpc) is 2.68. The highest BCUT2D eigenvalue weighted by molar-refractivity contribution is 5.96. The number of anilines is 1. The Kier molecular flexibility index (Phi) is 8.06. The second-order valence-corrected chi connectivity index (χ2v) is 6.46. The van der Waals surface area contributed by atoms with Crippen LogP contribution in [0, 0.1) is 5.92 Å². The van der Waals surface area contributed by atoms with E-state index in [1.54, 1.807) is 17.2 Å². The van der Waals surface area contributed by atoms with Gasteiger partial charge in [0.05, 0.1) is 13.1 Å². The molecular formula is C18H25ClN4O3. The Morgan fingerprint density at radius 2 is 1.96 bits per heavy atom. The fraction of sp³-hybridized carbons (Fsp3) is 0.556. The number of piperidine rings is 1. The fourth-order valence-electron chi connectivity index (χ4n) is 3.26. The third-order valence-corrected chi connectivity index (χ3v) is 4.75. The van der Waals surface area contributed by atoms with Gasteiger partial charge in [-0.3, -0.25) is 0 Å². The highest BCUT2D eigenvalue weighted by Crippen LogP contribution is 2.21. The highest BCUT2D eigenvalue weighted by atomic mass is 35.5. The summed E-state index contributed by atoms with van der Waals surface area (Å²) in [4.78, 5) is 35.3. The monoisotopic (exact) mass is 380 g/mol. The zero-order valence-electron chi connectivity index (χ0n) is 14.7. The molecule has 0 radical (unpaired) electrons. The maximum Gasteiger partial charge on any atom is 0.364 e. The van der Waals surface area contributed by atoms with E-state index in [0.717, 1.165) is 44.8 Å². The fourth-order valence-corrected chi connectivity index (χ4v) is 3.26. The number of carbonyl (C=O) groups excluding carboxylic acids is 2. The predicted octanol–water partition coefficient (Wildman–Crippen LogP) is 1.23. The number of aromatic nitrogens is 1. The summed E-state index contributed by atoms with van der Waals surface area (Å²) in [6.45, 7) is 4.48. The molecular weight excluding hydrogens is 356 g/mol. The van der Waals surface area contributed by atoms with Gasteiger partial charge in [-0.2, -0.15) is 0 Å². The molecule has 2 aliphatic rings. The molecule has 2 fully saturated rings. The second-order valence-electron chi connectivity index (χ2n) is 6.46. The molecule has 2 saturated heterocycles. The van der Waals surface area contributed by atoms with Crippen molar-refractivity contribution >= 4 is 30.1 Å². The quantitative estimate of drug-likeness (QED) is 0.608. The van der Waals surface area contributed by atoms with Crippen LogP contribution in [0.15, 0.2) is 30.0 Å². The molecule has 0 saturated carbocycles. The van der Waals surface area contributed by atoms with Crippen molar-refractivity contribution in [3.05, 3.63) is 30.0 Å². The number of halogens is 1. The number of hydroxylamine groups is 2. The number of nitrogens with zero attached hydrogens (tertiary/aromatic N) is 3. The largest absolute Gasteiger partial charge is 0.364 e. The van der Waals surface area contributed by atoms with Crippen molar-refractivity contribution in [3.8, 4) is 0 Å². The first-order valence-corrected chi connectivity index (χ1v) is 8.84. The molecule has 3 rings (SSSR count). The molecule has 0 unspecified atom stereocenters. The summed E-state index contributed by atoms with van der Waals surface area (Å²) in [7, 11) is 0. The summed E-state index contributed by atoms with van der Waals surface area (Å²) in [5.41, 5.74) is 0.124. The van der Waals surface area contributed by atoms with Crippen LogP contribution >= 0.6 is 12.4 Å². The van der Waals surface area contributed by atoms with Crippen LogP contribution in [0.2, 0.25) is 0 Å². The van der Waals surface area contributed by atoms with E-state index < -0.39 is 5.97 Å². The van der Waals surface area contributed by atoms with Crippen molar-refractivity contribution < 1.29 is 14.4 Å². The number of rotatable bonds is 5. The molecule has 0 aromatic carbocycles. The van der Waals surface area contributed by atoms with Crippen molar-refractivity contribution in [2.24, 2.45) is 5.92 Å². The van der Waals surface area contributed by atoms with Gasteiger partial charge in [-0.15, -0.1) is 17.5 Å². The van der Waals surface area contributed by atoms with Gasteiger partial charge >= 0.3 is 5.97 Å². The molecule has 8 heteroatoms. The SMILES string of the molecule is Cl.O=C=C(CC1CCNCC1)C(=O)ON1CCN(c2ccccn2)CC1. The Labute approximate surface area is 159 Å². The van der Waals surface area contributed by atoms with Crippen molar-refractivity contribution in [1.82, 2.24) is 15.4 Å². The molecule has 2 aliphatic heterocycles. The Morgan fingerprint density at radius 3 is 2.58 bits per heavy atom. The Bertz CT molecular complexity index is 623. The Morgan fingerprint density at radius 1 is 1.23 bits per heavy atom. The van der Waals surface area contributed by atoms with Gasteiger partial charge in [0.2, 0.25) is 0 Å². The lowest BCUT2D eigenvalue weighted by molar-refractivity contribution is -0.186. The summed E-state index contributed by atoms with van der Waals surface area (Å²) in [5, 5.41) is 4.90. The number of hydrogen-bond donors (Lipinski definition) is 1. The molecule has 0 aliphatic carbocycles. The lowest BCUT2D eigenvalue weighted by Gasteiger charge is -2.34. The van der Waals surface area contributed by atoms with Gasteiger partial charge in [0.1, 0.15) is 17.3 Å². The van der Waals surface area contributed by atoms with Crippen LogP contribution in [0.1, 0.15) is 19.3 Å². The predicted molar refractivity (Wildman–Crippen MR) is 101 cm³/mol. The van der Waals surface area contributed by atoms with Gasteiger partial charge in [0, 0.05) is 19.3 Å². The summed E-state index contributed by atoms with van der Waals surface area (Å²) < 4.78 is 0. The summed E-state index contributed by atoms with van der Waals surface area (Å²) in [6, 6.07) is 5.81. The van der Waals surface area contributed by atoms with E-state index >= 15 is 0 Å². The minimum Gasteiger partial charge on any atom is -0.363 e. The first-order chi connectivity index (χ1) is 12.3. The Hall–Kier alpha value is -1.92. The highest BCUT2D eigenvalue weighted by Gasteiger charge is 2.25. The average molecular weight is 381 g/mol. The van der Waals surface area contributed by atoms with Gasteiger partial charge in [-0.05, 0) is 50.4 Å². The van der Waals surface area contributed by atoms with E-state index in [0.29, 0.717) is 25.4 Å². The van der Waals surface area contributed by atoms with E-state index in [1.165, 1.54) is 0 Å². The number of hydrogen-bond acceptors (Lipinski definition) is 7. The van der Waals surface area contributed by atoms with Gasteiger partial charge in [-0.1, -0.05) is 6.07 Å². The summed E-state index contributed by atoms with van der Waals surface area (Å²) in [6.07, 6.45) is 4.17. The van der Waals surface area contributed by atoms with Crippen LogP contribution in [0.5, 0.6) is 0 Å². The normalized spacial score (nSPS) is 18.5. The second kappa shape index (κ2) is 10.3. The van der Waals surface area contributed by atoms with Crippen molar-refractivity contribution in [1.29, 1.82) is 0 Å². The van der Waals surface area contributed by atoms with E-state index in [1.807, 2.05) is 18.2 Å². The van der Waals surface area contributed by atoms with Crippen LogP contribution in [0.4, 0.5) is 5.82 Å². The summed E-state index contributed by atoms with van der Waals surface area (Å²) >= 11 is 0. The summed E-state index contributed by atoms with van der Waals surface area (Å²) in [5.74, 6) is 2.52. The van der Waals surface area contributed by atoms with E-state index in [9.17, 15) is 9.59 Å². The molecule has 1 N–H and O–H groups in total. The van der Waals surface area contributed by atoms with Gasteiger partial charge in [0.25, 0.3) is 0 Å². The molecule has 1 aromatic heterocycles. The minimum absolute atomic E-state index is 0. The third kappa shape index (κ3) is 5.54. The smallest absolute Gasteiger partial charge is 0.363 e. The van der Waals surface area contributed by atoms with E-state index in [4.69, 9.17) is 4.84 Å². The maximum absolute atomic E-state index is 12.3. The molecule has 0 atom stereocenters. The zero-order valence-corrected chi connectivity index (χ0v) is 15.5. The molecule has 7 nitrogen and oxygen atoms in total. The van der Waals surface area contributed by atoms with E-state index in [-0.39, 0.29) is 18.0 Å². The third-order valence-electron chi connectivity index (χ3n) is 4.75. The van der Waals surface area contributed by atoms with Crippen LogP contribution < -0.4 is 10.2 Å². The maximum atomic E-state index is 12.3. The van der Waals surface area contributed by atoms with Gasteiger partial charge in [-0.25, -0.2) is 14.6 Å². The molecule has 3 heterocycles. The minimum atomic E-state index is -0.556. The number of piperazine rings is 1. The number of carbonyl (C=O) groups is 1. The Balaban J connectivity index is 0.00000243. The zero-order chi connectivity index (χ0) is 17.5. The van der Waals surface area contributed by atoms with Crippen molar-refractivity contribution in [2.75, 3.05) is 44.2 Å². The molecule has 1 aromatic rings. The topological polar surface area (TPSA) is 74.8 Å². The lowest BCUT2D eigenvalue weighted by Crippen LogP contribution is -2.47. The molecule has 0 amide bonds. The first kappa shape index (κ1) is 20.4. The number of nitrogens with one attached hydrogen (secondary N) is 1. The van der Waals surface area contributed by atoms with E-state index in [2.05, 4.69) is 15.2 Å². The van der Waals surface area contributed by atoms with Crippen LogP contribution in [0.25, 0.3) is 0 Å². The molecule has 0 spiro atoms. The van der Waals surface area contributed by atoms with Crippen molar-refractivity contribution in [2.45, 2.75) is 19.3 Å². The first-order valence-electron chi connectivity index (χ1n) is 8.84. The molecule has 142 valence electrons. The van der Waals surface area contributed by atoms with Gasteiger partial charge < -0.3 is 15.1 Å². The van der Waals surface area contributed by atoms with Crippen LogP contribution in [0.3, 0.4) is 0 Å². The molecule has 26 heavy (non-hydrogen) atoms. The van der Waals surface area contributed by atoms with Crippen molar-refractivity contribution in [3.63, 3.8) is 0 Å².